The molecule has 3 N–H and O–H groups in total. The van der Waals surface area contributed by atoms with Crippen LogP contribution in [0.15, 0.2) is 27.6 Å². The van der Waals surface area contributed by atoms with Crippen molar-refractivity contribution in [3.05, 3.63) is 22.7 Å². The maximum Gasteiger partial charge on any atom is 0.242 e. The zero-order valence-electron chi connectivity index (χ0n) is 10.2. The van der Waals surface area contributed by atoms with Crippen LogP contribution in [0.3, 0.4) is 0 Å². The van der Waals surface area contributed by atoms with Gasteiger partial charge >= 0.3 is 0 Å². The first-order valence-electron chi connectivity index (χ1n) is 5.97. The molecule has 0 bridgehead atoms. The van der Waals surface area contributed by atoms with Crippen LogP contribution in [0.4, 0.5) is 5.69 Å². The van der Waals surface area contributed by atoms with Crippen molar-refractivity contribution in [3.63, 3.8) is 0 Å². The van der Waals surface area contributed by atoms with Gasteiger partial charge in [0.25, 0.3) is 0 Å². The summed E-state index contributed by atoms with van der Waals surface area (Å²) in [6, 6.07) is 4.77. The standard InChI is InChI=1S/C12H17BrN2O2S/c1-8(9-3-2-4-9)15-18(16,17)12-6-5-10(13)7-11(12)14/h5-9,15H,2-4,14H2,1H3. The van der Waals surface area contributed by atoms with Crippen LogP contribution in [0.25, 0.3) is 0 Å². The summed E-state index contributed by atoms with van der Waals surface area (Å²) in [6.45, 7) is 1.91. The number of anilines is 1. The molecule has 0 heterocycles. The minimum Gasteiger partial charge on any atom is -0.398 e. The van der Waals surface area contributed by atoms with Crippen LogP contribution in [0.5, 0.6) is 0 Å². The van der Waals surface area contributed by atoms with E-state index < -0.39 is 10.0 Å². The quantitative estimate of drug-likeness (QED) is 0.832. The monoisotopic (exact) mass is 332 g/mol. The lowest BCUT2D eigenvalue weighted by Crippen LogP contribution is -2.40. The molecule has 0 aromatic heterocycles. The highest BCUT2D eigenvalue weighted by Crippen LogP contribution is 2.30. The van der Waals surface area contributed by atoms with Gasteiger partial charge < -0.3 is 5.73 Å². The molecule has 4 nitrogen and oxygen atoms in total. The largest absolute Gasteiger partial charge is 0.398 e. The van der Waals surface area contributed by atoms with E-state index in [0.29, 0.717) is 5.92 Å². The number of nitrogen functional groups attached to an aromatic ring is 1. The number of hydrogen-bond donors (Lipinski definition) is 2. The Labute approximate surface area is 116 Å². The van der Waals surface area contributed by atoms with Crippen molar-refractivity contribution < 1.29 is 8.42 Å². The highest BCUT2D eigenvalue weighted by Gasteiger charge is 2.28. The van der Waals surface area contributed by atoms with Gasteiger partial charge in [0.2, 0.25) is 10.0 Å². The van der Waals surface area contributed by atoms with Crippen LogP contribution >= 0.6 is 15.9 Å². The Morgan fingerprint density at radius 3 is 2.61 bits per heavy atom. The molecule has 6 heteroatoms. The van der Waals surface area contributed by atoms with Gasteiger partial charge in [0, 0.05) is 10.5 Å². The van der Waals surface area contributed by atoms with Crippen LogP contribution in [0.1, 0.15) is 26.2 Å². The third-order valence-electron chi connectivity index (χ3n) is 3.46. The molecule has 2 rings (SSSR count). The minimum atomic E-state index is -3.52. The van der Waals surface area contributed by atoms with E-state index in [9.17, 15) is 8.42 Å². The lowest BCUT2D eigenvalue weighted by molar-refractivity contribution is 0.260. The molecule has 1 fully saturated rings. The molecule has 0 amide bonds. The van der Waals surface area contributed by atoms with Gasteiger partial charge in [-0.05, 0) is 43.9 Å². The second-order valence-electron chi connectivity index (χ2n) is 4.78. The molecule has 1 atom stereocenters. The summed E-state index contributed by atoms with van der Waals surface area (Å²) in [5.41, 5.74) is 6.02. The number of halogens is 1. The van der Waals surface area contributed by atoms with Crippen LogP contribution in [-0.2, 0) is 10.0 Å². The highest BCUT2D eigenvalue weighted by atomic mass is 79.9. The Hall–Kier alpha value is -0.590. The first kappa shape index (κ1) is 13.8. The molecule has 100 valence electrons. The van der Waals surface area contributed by atoms with Gasteiger partial charge in [-0.3, -0.25) is 0 Å². The van der Waals surface area contributed by atoms with Crippen LogP contribution in [-0.4, -0.2) is 14.5 Å². The predicted octanol–water partition coefficient (Wildman–Crippen LogP) is 2.50. The number of rotatable bonds is 4. The lowest BCUT2D eigenvalue weighted by atomic mass is 9.81. The van der Waals surface area contributed by atoms with Gasteiger partial charge in [-0.2, -0.15) is 0 Å². The molecule has 1 aromatic rings. The van der Waals surface area contributed by atoms with E-state index in [1.54, 1.807) is 12.1 Å². The van der Waals surface area contributed by atoms with E-state index in [1.165, 1.54) is 12.5 Å². The smallest absolute Gasteiger partial charge is 0.242 e. The zero-order chi connectivity index (χ0) is 13.3. The molecule has 1 aromatic carbocycles. The predicted molar refractivity (Wildman–Crippen MR) is 75.7 cm³/mol. The Morgan fingerprint density at radius 1 is 1.44 bits per heavy atom. The molecule has 1 unspecified atom stereocenters. The average Bonchev–Trinajstić information content (AvgIpc) is 2.12. The summed E-state index contributed by atoms with van der Waals surface area (Å²) >= 11 is 3.26. The van der Waals surface area contributed by atoms with Gasteiger partial charge in [0.1, 0.15) is 4.90 Å². The second-order valence-corrected chi connectivity index (χ2v) is 7.38. The molecule has 1 aliphatic rings. The fraction of sp³-hybridized carbons (Fsp3) is 0.500. The van der Waals surface area contributed by atoms with Gasteiger partial charge in [-0.25, -0.2) is 13.1 Å². The molecule has 18 heavy (non-hydrogen) atoms. The summed E-state index contributed by atoms with van der Waals surface area (Å²) in [7, 11) is -3.52. The van der Waals surface area contributed by atoms with Crippen LogP contribution < -0.4 is 10.5 Å². The van der Waals surface area contributed by atoms with Crippen molar-refractivity contribution in [2.45, 2.75) is 37.1 Å². The van der Waals surface area contributed by atoms with Crippen molar-refractivity contribution in [2.75, 3.05) is 5.73 Å². The van der Waals surface area contributed by atoms with E-state index in [2.05, 4.69) is 20.7 Å². The number of nitrogens with one attached hydrogen (secondary N) is 1. The van der Waals surface area contributed by atoms with Gasteiger partial charge in [-0.15, -0.1) is 0 Å². The van der Waals surface area contributed by atoms with E-state index in [4.69, 9.17) is 5.73 Å². The summed E-state index contributed by atoms with van der Waals surface area (Å²) in [4.78, 5) is 0.150. The van der Waals surface area contributed by atoms with Crippen molar-refractivity contribution in [1.82, 2.24) is 4.72 Å². The maximum absolute atomic E-state index is 12.2. The van der Waals surface area contributed by atoms with Crippen LogP contribution in [0, 0.1) is 5.92 Å². The third kappa shape index (κ3) is 2.87. The zero-order valence-corrected chi connectivity index (χ0v) is 12.6. The summed E-state index contributed by atoms with van der Waals surface area (Å²) in [6.07, 6.45) is 3.39. The number of benzene rings is 1. The Bertz CT molecular complexity index is 541. The average molecular weight is 333 g/mol. The summed E-state index contributed by atoms with van der Waals surface area (Å²) < 4.78 is 27.9. The highest BCUT2D eigenvalue weighted by molar-refractivity contribution is 9.10. The van der Waals surface area contributed by atoms with E-state index >= 15 is 0 Å². The van der Waals surface area contributed by atoms with E-state index in [1.807, 2.05) is 6.92 Å². The van der Waals surface area contributed by atoms with E-state index in [0.717, 1.165) is 17.3 Å². The molecule has 1 saturated carbocycles. The normalized spacial score (nSPS) is 18.3. The van der Waals surface area contributed by atoms with Crippen LogP contribution in [0.2, 0.25) is 0 Å². The Kier molecular flexibility index (Phi) is 3.99. The number of hydrogen-bond acceptors (Lipinski definition) is 3. The summed E-state index contributed by atoms with van der Waals surface area (Å²) in [5.74, 6) is 0.455. The molecule has 0 radical (unpaired) electrons. The second kappa shape index (κ2) is 5.19. The van der Waals surface area contributed by atoms with Crippen molar-refractivity contribution in [1.29, 1.82) is 0 Å². The molecular weight excluding hydrogens is 316 g/mol. The maximum atomic E-state index is 12.2. The minimum absolute atomic E-state index is 0.0354. The topological polar surface area (TPSA) is 72.2 Å². The van der Waals surface area contributed by atoms with Gasteiger partial charge in [0.05, 0.1) is 5.69 Å². The number of sulfonamides is 1. The Balaban J connectivity index is 2.19. The fourth-order valence-electron chi connectivity index (χ4n) is 2.11. The van der Waals surface area contributed by atoms with Crippen molar-refractivity contribution >= 4 is 31.6 Å². The lowest BCUT2D eigenvalue weighted by Gasteiger charge is -2.31. The molecule has 0 aliphatic heterocycles. The third-order valence-corrected chi connectivity index (χ3v) is 5.59. The first-order valence-corrected chi connectivity index (χ1v) is 8.25. The molecule has 0 spiro atoms. The van der Waals surface area contributed by atoms with Crippen molar-refractivity contribution in [3.8, 4) is 0 Å². The van der Waals surface area contributed by atoms with Crippen molar-refractivity contribution in [2.24, 2.45) is 5.92 Å². The van der Waals surface area contributed by atoms with Gasteiger partial charge in [0.15, 0.2) is 0 Å². The fourth-order valence-corrected chi connectivity index (χ4v) is 3.91. The Morgan fingerprint density at radius 2 is 2.11 bits per heavy atom. The summed E-state index contributed by atoms with van der Waals surface area (Å²) in [5, 5.41) is 0. The SMILES string of the molecule is CC(NS(=O)(=O)c1ccc(Br)cc1N)C1CCC1. The number of nitrogens with two attached hydrogens (primary N) is 1. The first-order chi connectivity index (χ1) is 8.40. The van der Waals surface area contributed by atoms with E-state index in [-0.39, 0.29) is 16.6 Å². The molecular formula is C12H17BrN2O2S. The molecule has 0 saturated heterocycles. The molecule has 1 aliphatic carbocycles. The van der Waals surface area contributed by atoms with Gasteiger partial charge in [-0.1, -0.05) is 22.4 Å².